The van der Waals surface area contributed by atoms with Crippen LogP contribution in [0.1, 0.15) is 39.0 Å². The van der Waals surface area contributed by atoms with E-state index in [1.165, 1.54) is 12.2 Å². The highest BCUT2D eigenvalue weighted by Gasteiger charge is 2.48. The molecule has 2 aliphatic carbocycles. The Morgan fingerprint density at radius 2 is 1.96 bits per heavy atom. The van der Waals surface area contributed by atoms with E-state index in [-0.39, 0.29) is 37.4 Å². The standard InChI is InChI=1S/C19H23F3O/c1-3-15(5-4-12-23)18(8-10-19(21,22)11-9-18)16-13-14(2)6-7-17(16)20/h3-5,7,12-14,23H,1,6,8-11H2,2H3/b12-4+,15-5+. The molecule has 0 heterocycles. The highest BCUT2D eigenvalue weighted by molar-refractivity contribution is 5.47. The van der Waals surface area contributed by atoms with Gasteiger partial charge in [-0.3, -0.25) is 0 Å². The Labute approximate surface area is 135 Å². The van der Waals surface area contributed by atoms with Crippen molar-refractivity contribution in [1.82, 2.24) is 0 Å². The van der Waals surface area contributed by atoms with Gasteiger partial charge in [-0.25, -0.2) is 13.2 Å². The van der Waals surface area contributed by atoms with Crippen LogP contribution in [-0.2, 0) is 0 Å². The molecule has 0 aromatic rings. The maximum atomic E-state index is 14.5. The van der Waals surface area contributed by atoms with Crippen molar-refractivity contribution >= 4 is 0 Å². The normalized spacial score (nSPS) is 27.5. The molecule has 0 saturated heterocycles. The topological polar surface area (TPSA) is 20.2 Å². The van der Waals surface area contributed by atoms with Gasteiger partial charge in [0.15, 0.2) is 0 Å². The van der Waals surface area contributed by atoms with Crippen LogP contribution < -0.4 is 0 Å². The van der Waals surface area contributed by atoms with E-state index in [1.54, 1.807) is 12.2 Å². The van der Waals surface area contributed by atoms with Gasteiger partial charge < -0.3 is 5.11 Å². The molecule has 2 aliphatic rings. The van der Waals surface area contributed by atoms with Crippen LogP contribution in [-0.4, -0.2) is 11.0 Å². The molecular formula is C19H23F3O. The van der Waals surface area contributed by atoms with E-state index < -0.39 is 11.3 Å². The highest BCUT2D eigenvalue weighted by Crippen LogP contribution is 2.55. The molecule has 0 bridgehead atoms. The van der Waals surface area contributed by atoms with E-state index in [4.69, 9.17) is 5.11 Å². The Kier molecular flexibility index (Phi) is 5.23. The summed E-state index contributed by atoms with van der Waals surface area (Å²) in [6.07, 6.45) is 9.29. The molecule has 1 saturated carbocycles. The third-order valence-electron chi connectivity index (χ3n) is 4.86. The number of allylic oxidation sites excluding steroid dienone is 8. The molecule has 1 nitrogen and oxygen atoms in total. The lowest BCUT2D eigenvalue weighted by Gasteiger charge is -2.43. The zero-order chi connectivity index (χ0) is 17.1. The predicted octanol–water partition coefficient (Wildman–Crippen LogP) is 6.19. The number of alkyl halides is 2. The largest absolute Gasteiger partial charge is 0.516 e. The molecule has 126 valence electrons. The Morgan fingerprint density at radius 1 is 1.30 bits per heavy atom. The van der Waals surface area contributed by atoms with Gasteiger partial charge >= 0.3 is 0 Å². The van der Waals surface area contributed by atoms with Crippen LogP contribution in [0.2, 0.25) is 0 Å². The first-order valence-corrected chi connectivity index (χ1v) is 7.95. The second-order valence-electron chi connectivity index (χ2n) is 6.45. The summed E-state index contributed by atoms with van der Waals surface area (Å²) >= 11 is 0. The van der Waals surface area contributed by atoms with Crippen LogP contribution in [0.15, 0.2) is 60.2 Å². The lowest BCUT2D eigenvalue weighted by atomic mass is 9.62. The quantitative estimate of drug-likeness (QED) is 0.483. The third-order valence-corrected chi connectivity index (χ3v) is 4.86. The van der Waals surface area contributed by atoms with E-state index in [0.29, 0.717) is 17.6 Å². The summed E-state index contributed by atoms with van der Waals surface area (Å²) in [6.45, 7) is 5.75. The lowest BCUT2D eigenvalue weighted by molar-refractivity contribution is -0.0533. The fourth-order valence-electron chi connectivity index (χ4n) is 3.55. The smallest absolute Gasteiger partial charge is 0.248 e. The molecular weight excluding hydrogens is 301 g/mol. The Hall–Kier alpha value is -1.71. The van der Waals surface area contributed by atoms with Gasteiger partial charge in [0, 0.05) is 18.3 Å². The van der Waals surface area contributed by atoms with Crippen molar-refractivity contribution in [3.8, 4) is 0 Å². The van der Waals surface area contributed by atoms with E-state index in [2.05, 4.69) is 6.58 Å². The first-order valence-electron chi connectivity index (χ1n) is 7.95. The second kappa shape index (κ2) is 6.81. The fraction of sp³-hybridized carbons (Fsp3) is 0.474. The number of aliphatic hydroxyl groups excluding tert-OH is 1. The monoisotopic (exact) mass is 324 g/mol. The first-order chi connectivity index (χ1) is 10.8. The average Bonchev–Trinajstić information content (AvgIpc) is 2.52. The van der Waals surface area contributed by atoms with Crippen LogP contribution in [0.4, 0.5) is 13.2 Å². The van der Waals surface area contributed by atoms with Crippen molar-refractivity contribution in [1.29, 1.82) is 0 Å². The summed E-state index contributed by atoms with van der Waals surface area (Å²) < 4.78 is 41.9. The van der Waals surface area contributed by atoms with Crippen molar-refractivity contribution in [3.63, 3.8) is 0 Å². The van der Waals surface area contributed by atoms with Crippen molar-refractivity contribution in [3.05, 3.63) is 60.2 Å². The molecule has 1 atom stereocenters. The van der Waals surface area contributed by atoms with Crippen LogP contribution >= 0.6 is 0 Å². The first kappa shape index (κ1) is 17.6. The van der Waals surface area contributed by atoms with Crippen molar-refractivity contribution in [2.45, 2.75) is 45.0 Å². The van der Waals surface area contributed by atoms with Gasteiger partial charge in [0.2, 0.25) is 5.92 Å². The molecule has 0 aromatic carbocycles. The zero-order valence-electron chi connectivity index (χ0n) is 13.4. The van der Waals surface area contributed by atoms with Gasteiger partial charge in [-0.2, -0.15) is 0 Å². The van der Waals surface area contributed by atoms with Crippen molar-refractivity contribution < 1.29 is 18.3 Å². The van der Waals surface area contributed by atoms with E-state index in [9.17, 15) is 13.2 Å². The SMILES string of the molecule is C=C/C(=C\C=C\O)C1(C2=CC(C)CC=C2F)CCC(F)(F)CC1. The number of halogens is 3. The van der Waals surface area contributed by atoms with E-state index in [0.717, 1.165) is 6.26 Å². The minimum Gasteiger partial charge on any atom is -0.516 e. The summed E-state index contributed by atoms with van der Waals surface area (Å²) in [5.74, 6) is -2.86. The molecule has 0 radical (unpaired) electrons. The minimum absolute atomic E-state index is 0.164. The zero-order valence-corrected chi connectivity index (χ0v) is 13.4. The molecule has 0 spiro atoms. The minimum atomic E-state index is -2.70. The molecule has 4 heteroatoms. The number of aliphatic hydroxyl groups is 1. The maximum Gasteiger partial charge on any atom is 0.248 e. The molecule has 1 N–H and O–H groups in total. The van der Waals surface area contributed by atoms with E-state index in [1.807, 2.05) is 13.0 Å². The van der Waals surface area contributed by atoms with Gasteiger partial charge in [-0.05, 0) is 48.5 Å². The molecule has 0 aromatic heterocycles. The van der Waals surface area contributed by atoms with Gasteiger partial charge in [0.05, 0.1) is 6.26 Å². The van der Waals surface area contributed by atoms with Crippen LogP contribution in [0.25, 0.3) is 0 Å². The fourth-order valence-corrected chi connectivity index (χ4v) is 3.55. The van der Waals surface area contributed by atoms with Crippen LogP contribution in [0.5, 0.6) is 0 Å². The Balaban J connectivity index is 2.52. The lowest BCUT2D eigenvalue weighted by Crippen LogP contribution is -2.36. The second-order valence-corrected chi connectivity index (χ2v) is 6.45. The number of hydrogen-bond acceptors (Lipinski definition) is 1. The highest BCUT2D eigenvalue weighted by atomic mass is 19.3. The van der Waals surface area contributed by atoms with E-state index >= 15 is 0 Å². The summed E-state index contributed by atoms with van der Waals surface area (Å²) in [6, 6.07) is 0. The molecule has 0 amide bonds. The van der Waals surface area contributed by atoms with Crippen LogP contribution in [0, 0.1) is 11.3 Å². The summed E-state index contributed by atoms with van der Waals surface area (Å²) in [5.41, 5.74) is 0.351. The number of rotatable bonds is 4. The third kappa shape index (κ3) is 3.62. The average molecular weight is 324 g/mol. The maximum absolute atomic E-state index is 14.5. The molecule has 2 rings (SSSR count). The van der Waals surface area contributed by atoms with Gasteiger partial charge in [-0.15, -0.1) is 0 Å². The Morgan fingerprint density at radius 3 is 2.52 bits per heavy atom. The summed E-state index contributed by atoms with van der Waals surface area (Å²) in [5, 5.41) is 8.90. The Bertz CT molecular complexity index is 571. The van der Waals surface area contributed by atoms with Crippen LogP contribution in [0.3, 0.4) is 0 Å². The molecule has 1 unspecified atom stereocenters. The summed E-state index contributed by atoms with van der Waals surface area (Å²) in [4.78, 5) is 0. The molecule has 0 aliphatic heterocycles. The van der Waals surface area contributed by atoms with Crippen molar-refractivity contribution in [2.24, 2.45) is 11.3 Å². The predicted molar refractivity (Wildman–Crippen MR) is 87.0 cm³/mol. The van der Waals surface area contributed by atoms with Gasteiger partial charge in [0.25, 0.3) is 0 Å². The molecule has 1 fully saturated rings. The summed E-state index contributed by atoms with van der Waals surface area (Å²) in [7, 11) is 0. The number of hydrogen-bond donors (Lipinski definition) is 1. The molecule has 23 heavy (non-hydrogen) atoms. The van der Waals surface area contributed by atoms with Crippen molar-refractivity contribution in [2.75, 3.05) is 0 Å². The van der Waals surface area contributed by atoms with Gasteiger partial charge in [0.1, 0.15) is 5.83 Å². The van der Waals surface area contributed by atoms with Gasteiger partial charge in [-0.1, -0.05) is 31.7 Å².